The van der Waals surface area contributed by atoms with Crippen LogP contribution in [0.3, 0.4) is 0 Å². The van der Waals surface area contributed by atoms with Crippen molar-refractivity contribution in [2.45, 2.75) is 25.6 Å². The van der Waals surface area contributed by atoms with Crippen molar-refractivity contribution >= 4 is 17.8 Å². The van der Waals surface area contributed by atoms with Gasteiger partial charge >= 0.3 is 11.9 Å². The first-order valence-corrected chi connectivity index (χ1v) is 12.5. The molecule has 0 unspecified atom stereocenters. The smallest absolute Gasteiger partial charge is 0.354 e. The minimum Gasteiger partial charge on any atom is -0.497 e. The van der Waals surface area contributed by atoms with E-state index in [1.165, 1.54) is 22.8 Å². The Morgan fingerprint density at radius 3 is 2.25 bits per heavy atom. The summed E-state index contributed by atoms with van der Waals surface area (Å²) >= 11 is 0. The van der Waals surface area contributed by atoms with Crippen LogP contribution in [0.5, 0.6) is 5.75 Å². The van der Waals surface area contributed by atoms with Gasteiger partial charge in [0.2, 0.25) is 0 Å². The maximum Gasteiger partial charge on any atom is 0.354 e. The fourth-order valence-electron chi connectivity index (χ4n) is 4.23. The molecule has 10 nitrogen and oxygen atoms in total. The molecule has 0 saturated heterocycles. The topological polar surface area (TPSA) is 142 Å². The van der Waals surface area contributed by atoms with E-state index >= 15 is 0 Å². The first-order valence-electron chi connectivity index (χ1n) is 12.5. The van der Waals surface area contributed by atoms with Crippen LogP contribution in [0.2, 0.25) is 0 Å². The third kappa shape index (κ3) is 6.91. The lowest BCUT2D eigenvalue weighted by molar-refractivity contribution is -0.147. The molecule has 4 rings (SSSR count). The molecule has 3 aromatic carbocycles. The number of hydrogen-bond acceptors (Lipinski definition) is 6. The zero-order valence-electron chi connectivity index (χ0n) is 21.8. The summed E-state index contributed by atoms with van der Waals surface area (Å²) in [6.07, 6.45) is -1.87. The number of ether oxygens (including phenoxy) is 1. The first kappa shape index (κ1) is 28.1. The van der Waals surface area contributed by atoms with Crippen LogP contribution in [0, 0.1) is 0 Å². The molecule has 0 saturated carbocycles. The second-order valence-electron chi connectivity index (χ2n) is 9.16. The van der Waals surface area contributed by atoms with E-state index in [1.807, 2.05) is 54.6 Å². The number of aliphatic hydroxyl groups is 1. The molecule has 40 heavy (non-hydrogen) atoms. The molecule has 206 valence electrons. The average molecular weight is 544 g/mol. The van der Waals surface area contributed by atoms with Gasteiger partial charge < -0.3 is 25.0 Å². The van der Waals surface area contributed by atoms with Crippen LogP contribution in [-0.4, -0.2) is 67.6 Å². The highest BCUT2D eigenvalue weighted by atomic mass is 16.5. The van der Waals surface area contributed by atoms with Crippen LogP contribution in [0.15, 0.2) is 84.9 Å². The molecule has 3 N–H and O–H groups in total. The number of rotatable bonds is 12. The molecule has 4 aromatic rings. The summed E-state index contributed by atoms with van der Waals surface area (Å²) in [5.74, 6) is -2.63. The lowest BCUT2D eigenvalue weighted by atomic mass is 10.0. The van der Waals surface area contributed by atoms with E-state index in [1.54, 1.807) is 24.3 Å². The maximum atomic E-state index is 13.6. The number of aliphatic carboxylic acids is 1. The van der Waals surface area contributed by atoms with E-state index in [0.717, 1.165) is 22.3 Å². The van der Waals surface area contributed by atoms with E-state index in [4.69, 9.17) is 9.84 Å². The Bertz CT molecular complexity index is 1480. The highest BCUT2D eigenvalue weighted by Gasteiger charge is 2.25. The number of carboxylic acids is 2. The minimum atomic E-state index is -1.66. The molecular weight excluding hydrogens is 514 g/mol. The molecule has 0 aliphatic carbocycles. The van der Waals surface area contributed by atoms with Crippen LogP contribution in [0.1, 0.15) is 38.5 Å². The summed E-state index contributed by atoms with van der Waals surface area (Å²) in [4.78, 5) is 38.1. The van der Waals surface area contributed by atoms with Gasteiger partial charge in [-0.1, -0.05) is 66.7 Å². The van der Waals surface area contributed by atoms with Crippen molar-refractivity contribution < 1.29 is 34.4 Å². The number of methoxy groups -OCH3 is 1. The molecule has 1 atom stereocenters. The summed E-state index contributed by atoms with van der Waals surface area (Å²) in [6.45, 7) is 0.105. The number of aromatic nitrogens is 2. The minimum absolute atomic E-state index is 0.0854. The van der Waals surface area contributed by atoms with Crippen LogP contribution < -0.4 is 4.74 Å². The van der Waals surface area contributed by atoms with Gasteiger partial charge in [-0.05, 0) is 34.4 Å². The Balaban J connectivity index is 1.59. The Morgan fingerprint density at radius 1 is 0.900 bits per heavy atom. The fourth-order valence-corrected chi connectivity index (χ4v) is 4.23. The number of aliphatic hydroxyl groups excluding tert-OH is 1. The number of carbonyl (C=O) groups is 3. The van der Waals surface area contributed by atoms with Crippen molar-refractivity contribution in [3.63, 3.8) is 0 Å². The lowest BCUT2D eigenvalue weighted by Crippen LogP contribution is -2.35. The van der Waals surface area contributed by atoms with Gasteiger partial charge in [0.15, 0.2) is 11.8 Å². The van der Waals surface area contributed by atoms with Crippen molar-refractivity contribution in [3.8, 4) is 16.9 Å². The fraction of sp³-hybridized carbons (Fsp3) is 0.200. The monoisotopic (exact) mass is 543 g/mol. The van der Waals surface area contributed by atoms with Crippen LogP contribution in [0.25, 0.3) is 11.1 Å². The molecule has 0 fully saturated rings. The van der Waals surface area contributed by atoms with Gasteiger partial charge in [-0.25, -0.2) is 9.59 Å². The number of hydrogen-bond donors (Lipinski definition) is 3. The van der Waals surface area contributed by atoms with Crippen molar-refractivity contribution in [3.05, 3.63) is 107 Å². The number of carbonyl (C=O) groups excluding carboxylic acids is 1. The van der Waals surface area contributed by atoms with Crippen LogP contribution >= 0.6 is 0 Å². The Morgan fingerprint density at radius 2 is 1.60 bits per heavy atom. The zero-order valence-corrected chi connectivity index (χ0v) is 21.8. The number of carboxylic acid groups (broad SMARTS) is 2. The largest absolute Gasteiger partial charge is 0.497 e. The molecule has 0 aliphatic heterocycles. The molecule has 10 heteroatoms. The average Bonchev–Trinajstić information content (AvgIpc) is 3.39. The Labute approximate surface area is 230 Å². The summed E-state index contributed by atoms with van der Waals surface area (Å²) in [6, 6.07) is 25.6. The van der Waals surface area contributed by atoms with Crippen molar-refractivity contribution in [1.82, 2.24) is 14.7 Å². The summed E-state index contributed by atoms with van der Waals surface area (Å²) in [5.41, 5.74) is 3.24. The standard InChI is InChI=1S/C30H29N3O7/c1-40-24-9-5-6-21(16-24)19-33-26(29(36)37)17-25(31-33)28(35)32(15-14-27(34)30(38)39)18-20-10-12-23(13-11-20)22-7-3-2-4-8-22/h2-13,16-17,27,34H,14-15,18-19H2,1H3,(H,36,37)(H,38,39)/t27-/m1/s1. The SMILES string of the molecule is COc1cccc(Cn2nc(C(=O)N(CC[C@@H](O)C(=O)O)Cc3ccc(-c4ccccc4)cc3)cc2C(=O)O)c1. The molecular formula is C30H29N3O7. The second kappa shape index (κ2) is 12.7. The number of amides is 1. The maximum absolute atomic E-state index is 13.6. The highest BCUT2D eigenvalue weighted by molar-refractivity contribution is 5.95. The van der Waals surface area contributed by atoms with E-state index in [0.29, 0.717) is 5.75 Å². The normalized spacial score (nSPS) is 11.6. The number of benzene rings is 3. The predicted octanol–water partition coefficient (Wildman–Crippen LogP) is 3.78. The van der Waals surface area contributed by atoms with Gasteiger partial charge in [0.05, 0.1) is 13.7 Å². The third-order valence-electron chi connectivity index (χ3n) is 6.36. The molecule has 0 aliphatic rings. The summed E-state index contributed by atoms with van der Waals surface area (Å²) in [5, 5.41) is 33.0. The van der Waals surface area contributed by atoms with Gasteiger partial charge in [-0.3, -0.25) is 9.48 Å². The zero-order chi connectivity index (χ0) is 28.6. The third-order valence-corrected chi connectivity index (χ3v) is 6.36. The predicted molar refractivity (Wildman–Crippen MR) is 146 cm³/mol. The molecule has 1 amide bonds. The molecule has 0 spiro atoms. The van der Waals surface area contributed by atoms with E-state index < -0.39 is 23.9 Å². The Kier molecular flexibility index (Phi) is 8.93. The highest BCUT2D eigenvalue weighted by Crippen LogP contribution is 2.21. The van der Waals surface area contributed by atoms with Gasteiger partial charge in [0.1, 0.15) is 11.4 Å². The van der Waals surface area contributed by atoms with Crippen molar-refractivity contribution in [2.75, 3.05) is 13.7 Å². The lowest BCUT2D eigenvalue weighted by Gasteiger charge is -2.23. The van der Waals surface area contributed by atoms with E-state index in [2.05, 4.69) is 5.10 Å². The molecule has 0 bridgehead atoms. The van der Waals surface area contributed by atoms with E-state index in [-0.39, 0.29) is 37.4 Å². The van der Waals surface area contributed by atoms with Gasteiger partial charge in [0.25, 0.3) is 5.91 Å². The second-order valence-corrected chi connectivity index (χ2v) is 9.16. The summed E-state index contributed by atoms with van der Waals surface area (Å²) in [7, 11) is 1.53. The number of nitrogens with zero attached hydrogens (tertiary/aromatic N) is 3. The van der Waals surface area contributed by atoms with Gasteiger partial charge in [0, 0.05) is 25.6 Å². The Hall–Kier alpha value is -4.96. The molecule has 0 radical (unpaired) electrons. The van der Waals surface area contributed by atoms with Crippen molar-refractivity contribution in [1.29, 1.82) is 0 Å². The first-order chi connectivity index (χ1) is 19.2. The molecule has 1 heterocycles. The quantitative estimate of drug-likeness (QED) is 0.245. The van der Waals surface area contributed by atoms with Crippen LogP contribution in [0.4, 0.5) is 0 Å². The van der Waals surface area contributed by atoms with Gasteiger partial charge in [-0.2, -0.15) is 5.10 Å². The summed E-state index contributed by atoms with van der Waals surface area (Å²) < 4.78 is 6.45. The molecule has 1 aromatic heterocycles. The van der Waals surface area contributed by atoms with E-state index in [9.17, 15) is 24.6 Å². The van der Waals surface area contributed by atoms with Crippen LogP contribution in [-0.2, 0) is 17.9 Å². The van der Waals surface area contributed by atoms with Gasteiger partial charge in [-0.15, -0.1) is 0 Å². The number of aromatic carboxylic acids is 1. The van der Waals surface area contributed by atoms with Crippen molar-refractivity contribution in [2.24, 2.45) is 0 Å².